The van der Waals surface area contributed by atoms with Crippen molar-refractivity contribution in [2.75, 3.05) is 13.2 Å². The van der Waals surface area contributed by atoms with Crippen molar-refractivity contribution >= 4 is 0 Å². The predicted octanol–water partition coefficient (Wildman–Crippen LogP) is 4.93. The van der Waals surface area contributed by atoms with E-state index >= 15 is 0 Å². The number of benzene rings is 3. The minimum absolute atomic E-state index is 0.642. The first-order valence-electron chi connectivity index (χ1n) is 8.34. The molecule has 0 unspecified atom stereocenters. The fourth-order valence-electron chi connectivity index (χ4n) is 2.54. The van der Waals surface area contributed by atoms with Gasteiger partial charge in [-0.1, -0.05) is 72.8 Å². The highest BCUT2D eigenvalue weighted by atomic mass is 16.5. The lowest BCUT2D eigenvalue weighted by Gasteiger charge is -2.12. The summed E-state index contributed by atoms with van der Waals surface area (Å²) in [5, 5.41) is 0. The number of hydrogen-bond acceptors (Lipinski definition) is 2. The van der Waals surface area contributed by atoms with Crippen LogP contribution in [0.25, 0.3) is 0 Å². The van der Waals surface area contributed by atoms with Gasteiger partial charge < -0.3 is 9.47 Å². The molecule has 0 saturated carbocycles. The third kappa shape index (κ3) is 4.88. The van der Waals surface area contributed by atoms with Gasteiger partial charge >= 0.3 is 0 Å². The van der Waals surface area contributed by atoms with Crippen LogP contribution in [-0.2, 0) is 12.8 Å². The molecule has 2 nitrogen and oxygen atoms in total. The number of hydrogen-bond donors (Lipinski definition) is 0. The Balaban J connectivity index is 1.51. The van der Waals surface area contributed by atoms with Crippen LogP contribution in [0.4, 0.5) is 0 Å². The Morgan fingerprint density at radius 1 is 0.458 bits per heavy atom. The molecule has 0 fully saturated rings. The van der Waals surface area contributed by atoms with Gasteiger partial charge in [0.15, 0.2) is 11.5 Å². The molecule has 0 saturated heterocycles. The Bertz CT molecular complexity index is 659. The zero-order valence-electron chi connectivity index (χ0n) is 13.7. The fraction of sp³-hybridized carbons (Fsp3) is 0.182. The molecule has 0 amide bonds. The van der Waals surface area contributed by atoms with Crippen LogP contribution in [0.2, 0.25) is 0 Å². The maximum atomic E-state index is 5.92. The van der Waals surface area contributed by atoms with Crippen molar-refractivity contribution in [2.24, 2.45) is 0 Å². The maximum absolute atomic E-state index is 5.92. The van der Waals surface area contributed by atoms with Gasteiger partial charge in [-0.3, -0.25) is 0 Å². The number of rotatable bonds is 8. The minimum Gasteiger partial charge on any atom is -0.489 e. The second-order valence-electron chi connectivity index (χ2n) is 5.61. The van der Waals surface area contributed by atoms with E-state index in [4.69, 9.17) is 9.47 Å². The molecule has 122 valence electrons. The highest BCUT2D eigenvalue weighted by molar-refractivity contribution is 5.39. The van der Waals surface area contributed by atoms with Crippen LogP contribution in [0.5, 0.6) is 11.5 Å². The van der Waals surface area contributed by atoms with Crippen LogP contribution in [0.15, 0.2) is 84.9 Å². The van der Waals surface area contributed by atoms with Crippen molar-refractivity contribution in [1.82, 2.24) is 0 Å². The van der Waals surface area contributed by atoms with Crippen molar-refractivity contribution in [3.05, 3.63) is 96.1 Å². The molecule has 0 heterocycles. The summed E-state index contributed by atoms with van der Waals surface area (Å²) in [4.78, 5) is 0. The summed E-state index contributed by atoms with van der Waals surface area (Å²) in [7, 11) is 0. The quantitative estimate of drug-likeness (QED) is 0.586. The zero-order chi connectivity index (χ0) is 16.5. The third-order valence-corrected chi connectivity index (χ3v) is 3.83. The lowest BCUT2D eigenvalue weighted by molar-refractivity contribution is 0.272. The van der Waals surface area contributed by atoms with Crippen LogP contribution in [0.1, 0.15) is 11.1 Å². The lowest BCUT2D eigenvalue weighted by atomic mass is 10.2. The van der Waals surface area contributed by atoms with Gasteiger partial charge in [-0.25, -0.2) is 0 Å². The second-order valence-corrected chi connectivity index (χ2v) is 5.61. The molecule has 3 aromatic carbocycles. The Hall–Kier alpha value is -2.74. The summed E-state index contributed by atoms with van der Waals surface area (Å²) in [6.45, 7) is 1.28. The standard InChI is InChI=1S/C22H22O2/c1-3-9-19(10-4-1)15-17-23-21-13-7-8-14-22(21)24-18-16-20-11-5-2-6-12-20/h1-14H,15-18H2. The lowest BCUT2D eigenvalue weighted by Crippen LogP contribution is -2.05. The Labute approximate surface area is 143 Å². The smallest absolute Gasteiger partial charge is 0.161 e. The Morgan fingerprint density at radius 3 is 1.25 bits per heavy atom. The van der Waals surface area contributed by atoms with E-state index in [1.807, 2.05) is 36.4 Å². The Kier molecular flexibility index (Phi) is 5.90. The van der Waals surface area contributed by atoms with Gasteiger partial charge in [0.2, 0.25) is 0 Å². The summed E-state index contributed by atoms with van der Waals surface area (Å²) < 4.78 is 11.8. The summed E-state index contributed by atoms with van der Waals surface area (Å²) in [5.41, 5.74) is 2.56. The molecule has 3 rings (SSSR count). The minimum atomic E-state index is 0.642. The van der Waals surface area contributed by atoms with Crippen molar-refractivity contribution < 1.29 is 9.47 Å². The van der Waals surface area contributed by atoms with Crippen LogP contribution in [-0.4, -0.2) is 13.2 Å². The van der Waals surface area contributed by atoms with E-state index in [1.165, 1.54) is 11.1 Å². The topological polar surface area (TPSA) is 18.5 Å². The molecule has 0 aromatic heterocycles. The van der Waals surface area contributed by atoms with Crippen molar-refractivity contribution in [2.45, 2.75) is 12.8 Å². The first-order valence-corrected chi connectivity index (χ1v) is 8.34. The third-order valence-electron chi connectivity index (χ3n) is 3.83. The molecule has 24 heavy (non-hydrogen) atoms. The summed E-state index contributed by atoms with van der Waals surface area (Å²) in [5.74, 6) is 1.61. The molecule has 2 heteroatoms. The number of ether oxygens (including phenoxy) is 2. The van der Waals surface area contributed by atoms with E-state index < -0.39 is 0 Å². The SMILES string of the molecule is c1ccc(CCOc2ccccc2OCCc2ccccc2)cc1. The van der Waals surface area contributed by atoms with E-state index in [1.54, 1.807) is 0 Å². The van der Waals surface area contributed by atoms with Crippen LogP contribution >= 0.6 is 0 Å². The molecule has 0 aliphatic heterocycles. The largest absolute Gasteiger partial charge is 0.489 e. The molecule has 0 radical (unpaired) electrons. The van der Waals surface area contributed by atoms with Gasteiger partial charge in [-0.2, -0.15) is 0 Å². The molecule has 0 aliphatic carbocycles. The predicted molar refractivity (Wildman–Crippen MR) is 97.7 cm³/mol. The highest BCUT2D eigenvalue weighted by Crippen LogP contribution is 2.26. The molecule has 0 atom stereocenters. The van der Waals surface area contributed by atoms with E-state index in [-0.39, 0.29) is 0 Å². The first kappa shape index (κ1) is 16.1. The molecule has 0 aliphatic rings. The van der Waals surface area contributed by atoms with Gasteiger partial charge in [-0.15, -0.1) is 0 Å². The summed E-state index contributed by atoms with van der Waals surface area (Å²) in [6.07, 6.45) is 1.78. The van der Waals surface area contributed by atoms with E-state index in [9.17, 15) is 0 Å². The average molecular weight is 318 g/mol. The fourth-order valence-corrected chi connectivity index (χ4v) is 2.54. The van der Waals surface area contributed by atoms with Crippen LogP contribution < -0.4 is 9.47 Å². The molecular weight excluding hydrogens is 296 g/mol. The monoisotopic (exact) mass is 318 g/mol. The van der Waals surface area contributed by atoms with Gasteiger partial charge in [0, 0.05) is 12.8 Å². The summed E-state index contributed by atoms with van der Waals surface area (Å²) in [6, 6.07) is 28.6. The van der Waals surface area contributed by atoms with E-state index in [2.05, 4.69) is 48.5 Å². The zero-order valence-corrected chi connectivity index (χ0v) is 13.7. The first-order chi connectivity index (χ1) is 11.9. The molecule has 0 spiro atoms. The van der Waals surface area contributed by atoms with E-state index in [0.717, 1.165) is 24.3 Å². The molecule has 3 aromatic rings. The molecule has 0 N–H and O–H groups in total. The van der Waals surface area contributed by atoms with Crippen molar-refractivity contribution in [3.63, 3.8) is 0 Å². The second kappa shape index (κ2) is 8.78. The van der Waals surface area contributed by atoms with Gasteiger partial charge in [0.1, 0.15) is 0 Å². The Morgan fingerprint density at radius 2 is 0.833 bits per heavy atom. The van der Waals surface area contributed by atoms with Crippen LogP contribution in [0, 0.1) is 0 Å². The van der Waals surface area contributed by atoms with Crippen molar-refractivity contribution in [1.29, 1.82) is 0 Å². The average Bonchev–Trinajstić information content (AvgIpc) is 2.65. The highest BCUT2D eigenvalue weighted by Gasteiger charge is 2.04. The van der Waals surface area contributed by atoms with Crippen LogP contribution in [0.3, 0.4) is 0 Å². The van der Waals surface area contributed by atoms with Gasteiger partial charge in [0.25, 0.3) is 0 Å². The normalized spacial score (nSPS) is 10.3. The van der Waals surface area contributed by atoms with Gasteiger partial charge in [-0.05, 0) is 23.3 Å². The molecular formula is C22H22O2. The van der Waals surface area contributed by atoms with Crippen molar-refractivity contribution in [3.8, 4) is 11.5 Å². The summed E-state index contributed by atoms with van der Waals surface area (Å²) >= 11 is 0. The van der Waals surface area contributed by atoms with Gasteiger partial charge in [0.05, 0.1) is 13.2 Å². The maximum Gasteiger partial charge on any atom is 0.161 e. The van der Waals surface area contributed by atoms with E-state index in [0.29, 0.717) is 13.2 Å². The molecule has 0 bridgehead atoms. The number of para-hydroxylation sites is 2.